The van der Waals surface area contributed by atoms with E-state index < -0.39 is 0 Å². The maximum Gasteiger partial charge on any atom is 0.122 e. The summed E-state index contributed by atoms with van der Waals surface area (Å²) in [6.07, 6.45) is 5.23. The number of aliphatic imine (C=N–C) groups is 1. The van der Waals surface area contributed by atoms with Crippen LogP contribution in [0.4, 0.5) is 5.69 Å². The highest BCUT2D eigenvalue weighted by Gasteiger charge is 2.00. The molecular weight excluding hydrogens is 264 g/mol. The third-order valence-electron chi connectivity index (χ3n) is 3.03. The molecule has 5 heteroatoms. The number of aromatic amines is 1. The zero-order valence-corrected chi connectivity index (χ0v) is 11.7. The maximum absolute atomic E-state index is 5.22. The van der Waals surface area contributed by atoms with Gasteiger partial charge in [-0.05, 0) is 31.2 Å². The third kappa shape index (κ3) is 3.39. The van der Waals surface area contributed by atoms with Crippen molar-refractivity contribution in [1.82, 2.24) is 15.3 Å². The lowest BCUT2D eigenvalue weighted by molar-refractivity contribution is 0.504. The minimum Gasteiger partial charge on any atom is -0.467 e. The average Bonchev–Trinajstić information content (AvgIpc) is 3.16. The average molecular weight is 280 g/mol. The van der Waals surface area contributed by atoms with E-state index in [1.54, 1.807) is 12.6 Å². The van der Waals surface area contributed by atoms with Gasteiger partial charge in [-0.3, -0.25) is 0 Å². The Kier molecular flexibility index (Phi) is 3.82. The molecule has 106 valence electrons. The largest absolute Gasteiger partial charge is 0.467 e. The van der Waals surface area contributed by atoms with Gasteiger partial charge < -0.3 is 14.7 Å². The van der Waals surface area contributed by atoms with Crippen molar-refractivity contribution in [1.29, 1.82) is 0 Å². The van der Waals surface area contributed by atoms with Crippen LogP contribution in [0.5, 0.6) is 0 Å². The van der Waals surface area contributed by atoms with Crippen LogP contribution in [0, 0.1) is 6.92 Å². The molecule has 0 spiro atoms. The Bertz CT molecular complexity index is 711. The molecule has 0 radical (unpaired) electrons. The van der Waals surface area contributed by atoms with Gasteiger partial charge in [0.1, 0.15) is 11.6 Å². The Morgan fingerprint density at radius 2 is 2.14 bits per heavy atom. The highest BCUT2D eigenvalue weighted by molar-refractivity contribution is 5.65. The molecule has 0 aliphatic carbocycles. The van der Waals surface area contributed by atoms with Gasteiger partial charge in [-0.15, -0.1) is 0 Å². The first-order valence-electron chi connectivity index (χ1n) is 6.72. The number of nitrogens with one attached hydrogen (secondary N) is 2. The second-order valence-corrected chi connectivity index (χ2v) is 4.64. The number of rotatable bonds is 5. The standard InChI is InChI=1S/C16H16N4O/c1-12-18-10-16(20-12)13-4-6-14(7-5-13)19-11-17-9-15-3-2-8-21-15/h2-8,10-11H,9H2,1H3,(H,17,19)(H,18,20). The lowest BCUT2D eigenvalue weighted by atomic mass is 10.1. The summed E-state index contributed by atoms with van der Waals surface area (Å²) in [6, 6.07) is 11.7. The molecule has 0 fully saturated rings. The van der Waals surface area contributed by atoms with E-state index in [4.69, 9.17) is 4.42 Å². The molecule has 5 nitrogen and oxygen atoms in total. The summed E-state index contributed by atoms with van der Waals surface area (Å²) in [7, 11) is 0. The van der Waals surface area contributed by atoms with E-state index in [-0.39, 0.29) is 0 Å². The van der Waals surface area contributed by atoms with Crippen LogP contribution in [0.2, 0.25) is 0 Å². The predicted octanol–water partition coefficient (Wildman–Crippen LogP) is 3.43. The van der Waals surface area contributed by atoms with Gasteiger partial charge in [0, 0.05) is 11.8 Å². The summed E-state index contributed by atoms with van der Waals surface area (Å²) in [5.74, 6) is 1.79. The van der Waals surface area contributed by atoms with Crippen LogP contribution in [0.3, 0.4) is 0 Å². The second kappa shape index (κ2) is 6.09. The first-order chi connectivity index (χ1) is 10.3. The molecule has 1 aromatic carbocycles. The minimum absolute atomic E-state index is 0.626. The normalized spacial score (nSPS) is 11.1. The zero-order chi connectivity index (χ0) is 14.5. The van der Waals surface area contributed by atoms with Gasteiger partial charge in [0.25, 0.3) is 0 Å². The van der Waals surface area contributed by atoms with E-state index in [1.165, 1.54) is 0 Å². The van der Waals surface area contributed by atoms with Gasteiger partial charge in [-0.1, -0.05) is 12.1 Å². The number of aryl methyl sites for hydroxylation is 1. The Morgan fingerprint density at radius 3 is 2.81 bits per heavy atom. The van der Waals surface area contributed by atoms with E-state index in [0.29, 0.717) is 6.54 Å². The topological polar surface area (TPSA) is 66.2 Å². The molecule has 0 aliphatic rings. The van der Waals surface area contributed by atoms with Crippen molar-refractivity contribution in [2.75, 3.05) is 0 Å². The molecule has 0 unspecified atom stereocenters. The molecule has 2 heterocycles. The number of benzene rings is 1. The number of aromatic nitrogens is 2. The highest BCUT2D eigenvalue weighted by Crippen LogP contribution is 2.20. The van der Waals surface area contributed by atoms with E-state index in [0.717, 1.165) is 28.5 Å². The van der Waals surface area contributed by atoms with Crippen LogP contribution >= 0.6 is 0 Å². The monoisotopic (exact) mass is 280 g/mol. The zero-order valence-electron chi connectivity index (χ0n) is 11.7. The maximum atomic E-state index is 5.22. The Morgan fingerprint density at radius 1 is 1.29 bits per heavy atom. The lowest BCUT2D eigenvalue weighted by Gasteiger charge is -1.99. The SMILES string of the molecule is Cc1nc(-c2ccc(/N=C/NCc3ccco3)cc2)c[nH]1. The molecule has 3 rings (SSSR count). The molecule has 2 aromatic heterocycles. The van der Waals surface area contributed by atoms with Crippen LogP contribution in [0.25, 0.3) is 11.3 Å². The fourth-order valence-electron chi connectivity index (χ4n) is 1.96. The molecule has 0 saturated carbocycles. The minimum atomic E-state index is 0.626. The molecule has 0 saturated heterocycles. The van der Waals surface area contributed by atoms with Crippen molar-refractivity contribution in [3.63, 3.8) is 0 Å². The summed E-state index contributed by atoms with van der Waals surface area (Å²) < 4.78 is 5.22. The van der Waals surface area contributed by atoms with Crippen molar-refractivity contribution in [2.45, 2.75) is 13.5 Å². The fourth-order valence-corrected chi connectivity index (χ4v) is 1.96. The van der Waals surface area contributed by atoms with Crippen molar-refractivity contribution >= 4 is 12.0 Å². The van der Waals surface area contributed by atoms with Gasteiger partial charge in [0.15, 0.2) is 0 Å². The Balaban J connectivity index is 1.59. The summed E-state index contributed by atoms with van der Waals surface area (Å²) in [4.78, 5) is 11.8. The Hall–Kier alpha value is -2.82. The van der Waals surface area contributed by atoms with Crippen molar-refractivity contribution < 1.29 is 4.42 Å². The lowest BCUT2D eigenvalue weighted by Crippen LogP contribution is -2.09. The molecular formula is C16H16N4O. The molecule has 0 atom stereocenters. The summed E-state index contributed by atoms with van der Waals surface area (Å²) in [5.41, 5.74) is 2.90. The van der Waals surface area contributed by atoms with Crippen LogP contribution < -0.4 is 5.32 Å². The van der Waals surface area contributed by atoms with E-state index >= 15 is 0 Å². The first-order valence-corrected chi connectivity index (χ1v) is 6.72. The molecule has 2 N–H and O–H groups in total. The molecule has 0 amide bonds. The van der Waals surface area contributed by atoms with Crippen LogP contribution in [0.1, 0.15) is 11.6 Å². The van der Waals surface area contributed by atoms with Crippen LogP contribution in [-0.2, 0) is 6.54 Å². The fraction of sp³-hybridized carbons (Fsp3) is 0.125. The van der Waals surface area contributed by atoms with E-state index in [1.807, 2.05) is 49.5 Å². The quantitative estimate of drug-likeness (QED) is 0.556. The van der Waals surface area contributed by atoms with Gasteiger partial charge in [0.2, 0.25) is 0 Å². The number of furan rings is 1. The van der Waals surface area contributed by atoms with Crippen molar-refractivity contribution in [2.24, 2.45) is 4.99 Å². The highest BCUT2D eigenvalue weighted by atomic mass is 16.3. The molecule has 3 aromatic rings. The summed E-state index contributed by atoms with van der Waals surface area (Å²) in [6.45, 7) is 2.56. The number of nitrogens with zero attached hydrogens (tertiary/aromatic N) is 2. The first kappa shape index (κ1) is 13.2. The Labute approximate surface area is 122 Å². The molecule has 0 aliphatic heterocycles. The molecule has 21 heavy (non-hydrogen) atoms. The van der Waals surface area contributed by atoms with Gasteiger partial charge >= 0.3 is 0 Å². The van der Waals surface area contributed by atoms with E-state index in [9.17, 15) is 0 Å². The number of H-pyrrole nitrogens is 1. The summed E-state index contributed by atoms with van der Waals surface area (Å²) >= 11 is 0. The second-order valence-electron chi connectivity index (χ2n) is 4.64. The summed E-state index contributed by atoms with van der Waals surface area (Å²) in [5, 5.41) is 3.08. The third-order valence-corrected chi connectivity index (χ3v) is 3.03. The molecule has 0 bridgehead atoms. The number of imidazole rings is 1. The van der Waals surface area contributed by atoms with Gasteiger partial charge in [0.05, 0.1) is 30.5 Å². The van der Waals surface area contributed by atoms with E-state index in [2.05, 4.69) is 20.3 Å². The smallest absolute Gasteiger partial charge is 0.122 e. The van der Waals surface area contributed by atoms with Gasteiger partial charge in [-0.25, -0.2) is 9.98 Å². The number of hydrogen-bond donors (Lipinski definition) is 2. The van der Waals surface area contributed by atoms with Crippen molar-refractivity contribution in [3.05, 3.63) is 60.4 Å². The van der Waals surface area contributed by atoms with Crippen molar-refractivity contribution in [3.8, 4) is 11.3 Å². The number of hydrogen-bond acceptors (Lipinski definition) is 3. The predicted molar refractivity (Wildman–Crippen MR) is 82.5 cm³/mol. The van der Waals surface area contributed by atoms with Gasteiger partial charge in [-0.2, -0.15) is 0 Å². The van der Waals surface area contributed by atoms with Crippen LogP contribution in [-0.4, -0.2) is 16.3 Å². The van der Waals surface area contributed by atoms with Crippen LogP contribution in [0.15, 0.2) is 58.3 Å².